The average molecular weight is 318 g/mol. The molecule has 0 radical (unpaired) electrons. The molecule has 0 aromatic heterocycles. The quantitative estimate of drug-likeness (QED) is 0.766. The smallest absolute Gasteiger partial charge is 0.361 e. The highest BCUT2D eigenvalue weighted by Gasteiger charge is 2.41. The van der Waals surface area contributed by atoms with Crippen LogP contribution in [0, 0.1) is 0 Å². The minimum atomic E-state index is -0.746. The number of ether oxygens (including phenoxy) is 1. The molecule has 0 N–H and O–H groups in total. The number of rotatable bonds is 4. The van der Waals surface area contributed by atoms with Gasteiger partial charge < -0.3 is 14.5 Å². The number of carbonyl (C=O) groups is 3. The van der Waals surface area contributed by atoms with Crippen LogP contribution < -0.4 is 0 Å². The summed E-state index contributed by atoms with van der Waals surface area (Å²) < 4.78 is 5.63. The molecule has 0 aliphatic carbocycles. The minimum Gasteiger partial charge on any atom is -0.362 e. The van der Waals surface area contributed by atoms with Crippen LogP contribution in [-0.2, 0) is 14.4 Å². The van der Waals surface area contributed by atoms with E-state index >= 15 is 0 Å². The zero-order valence-electron chi connectivity index (χ0n) is 13.0. The van der Waals surface area contributed by atoms with E-state index in [2.05, 4.69) is 0 Å². The first-order chi connectivity index (χ1) is 11.0. The van der Waals surface area contributed by atoms with Crippen LogP contribution in [0.4, 0.5) is 0 Å². The van der Waals surface area contributed by atoms with Crippen molar-refractivity contribution in [2.75, 3.05) is 20.6 Å². The van der Waals surface area contributed by atoms with E-state index in [1.165, 1.54) is 12.1 Å². The van der Waals surface area contributed by atoms with Gasteiger partial charge in [0.05, 0.1) is 17.2 Å². The van der Waals surface area contributed by atoms with Gasteiger partial charge in [-0.1, -0.05) is 17.2 Å². The SMILES string of the molecule is CN(C)C[C@H]1CC[C@@H](C(=O)ON2C(=O)c3ccccc3C2=O)O1. The van der Waals surface area contributed by atoms with Crippen LogP contribution in [0.1, 0.15) is 33.6 Å². The normalized spacial score (nSPS) is 23.5. The monoisotopic (exact) mass is 318 g/mol. The van der Waals surface area contributed by atoms with Crippen molar-refractivity contribution in [3.05, 3.63) is 35.4 Å². The van der Waals surface area contributed by atoms with Gasteiger partial charge in [-0.25, -0.2) is 4.79 Å². The number of carbonyl (C=O) groups excluding carboxylic acids is 3. The van der Waals surface area contributed by atoms with Crippen LogP contribution in [0.3, 0.4) is 0 Å². The standard InChI is InChI=1S/C16H18N2O5/c1-17(2)9-10-7-8-13(22-10)16(21)23-18-14(19)11-5-3-4-6-12(11)15(18)20/h3-6,10,13H,7-9H2,1-2H3/t10-,13+/m1/s1. The Hall–Kier alpha value is -2.25. The highest BCUT2D eigenvalue weighted by atomic mass is 16.7. The Bertz CT molecular complexity index is 623. The molecule has 1 aromatic carbocycles. The number of nitrogens with zero attached hydrogens (tertiary/aromatic N) is 2. The number of benzene rings is 1. The van der Waals surface area contributed by atoms with E-state index in [1.807, 2.05) is 19.0 Å². The number of imide groups is 1. The van der Waals surface area contributed by atoms with E-state index in [9.17, 15) is 14.4 Å². The lowest BCUT2D eigenvalue weighted by molar-refractivity contribution is -0.181. The van der Waals surface area contributed by atoms with Crippen molar-refractivity contribution in [3.63, 3.8) is 0 Å². The molecule has 0 unspecified atom stereocenters. The maximum Gasteiger partial charge on any atom is 0.361 e. The molecule has 122 valence electrons. The topological polar surface area (TPSA) is 76.2 Å². The second-order valence-electron chi connectivity index (χ2n) is 5.95. The third-order valence-corrected chi connectivity index (χ3v) is 3.88. The van der Waals surface area contributed by atoms with Crippen molar-refractivity contribution in [2.24, 2.45) is 0 Å². The minimum absolute atomic E-state index is 0.0512. The summed E-state index contributed by atoms with van der Waals surface area (Å²) in [5.74, 6) is -1.95. The van der Waals surface area contributed by atoms with Crippen molar-refractivity contribution < 1.29 is 24.0 Å². The van der Waals surface area contributed by atoms with E-state index in [-0.39, 0.29) is 17.2 Å². The van der Waals surface area contributed by atoms with Gasteiger partial charge in [-0.3, -0.25) is 9.59 Å². The zero-order chi connectivity index (χ0) is 16.6. The number of fused-ring (bicyclic) bond motifs is 1. The Morgan fingerprint density at radius 1 is 1.22 bits per heavy atom. The fourth-order valence-corrected chi connectivity index (χ4v) is 2.82. The van der Waals surface area contributed by atoms with Crippen molar-refractivity contribution in [2.45, 2.75) is 25.0 Å². The van der Waals surface area contributed by atoms with Gasteiger partial charge in [0.25, 0.3) is 11.8 Å². The first-order valence-corrected chi connectivity index (χ1v) is 7.47. The zero-order valence-corrected chi connectivity index (χ0v) is 13.0. The van der Waals surface area contributed by atoms with Gasteiger partial charge in [0.15, 0.2) is 6.10 Å². The summed E-state index contributed by atoms with van der Waals surface area (Å²) in [4.78, 5) is 43.5. The molecule has 0 saturated carbocycles. The van der Waals surface area contributed by atoms with Crippen molar-refractivity contribution in [3.8, 4) is 0 Å². The molecule has 23 heavy (non-hydrogen) atoms. The van der Waals surface area contributed by atoms with Crippen molar-refractivity contribution in [1.82, 2.24) is 9.96 Å². The van der Waals surface area contributed by atoms with Gasteiger partial charge in [0.1, 0.15) is 0 Å². The first kappa shape index (κ1) is 15.6. The highest BCUT2D eigenvalue weighted by Crippen LogP contribution is 2.25. The highest BCUT2D eigenvalue weighted by molar-refractivity contribution is 6.20. The Labute approximate surface area is 133 Å². The Balaban J connectivity index is 1.64. The van der Waals surface area contributed by atoms with Crippen LogP contribution in [0.2, 0.25) is 0 Å². The summed E-state index contributed by atoms with van der Waals surface area (Å²) in [5, 5.41) is 0.523. The van der Waals surface area contributed by atoms with Gasteiger partial charge in [0, 0.05) is 6.54 Å². The Kier molecular flexibility index (Phi) is 4.14. The molecule has 2 atom stereocenters. The summed E-state index contributed by atoms with van der Waals surface area (Å²) in [6, 6.07) is 6.37. The molecular formula is C16H18N2O5. The van der Waals surface area contributed by atoms with Gasteiger partial charge in [0.2, 0.25) is 0 Å². The molecule has 7 nitrogen and oxygen atoms in total. The molecule has 0 spiro atoms. The van der Waals surface area contributed by atoms with E-state index < -0.39 is 23.9 Å². The number of hydrogen-bond acceptors (Lipinski definition) is 6. The molecule has 2 aliphatic rings. The molecule has 1 saturated heterocycles. The number of hydroxylamine groups is 2. The third-order valence-electron chi connectivity index (χ3n) is 3.88. The van der Waals surface area contributed by atoms with Gasteiger partial charge >= 0.3 is 5.97 Å². The largest absolute Gasteiger partial charge is 0.362 e. The predicted molar refractivity (Wildman–Crippen MR) is 79.5 cm³/mol. The molecule has 2 heterocycles. The summed E-state index contributed by atoms with van der Waals surface area (Å²) >= 11 is 0. The van der Waals surface area contributed by atoms with Crippen molar-refractivity contribution >= 4 is 17.8 Å². The van der Waals surface area contributed by atoms with Crippen LogP contribution in [0.15, 0.2) is 24.3 Å². The number of hydrogen-bond donors (Lipinski definition) is 0. The molecule has 2 amide bonds. The fourth-order valence-electron chi connectivity index (χ4n) is 2.82. The van der Waals surface area contributed by atoms with E-state index in [1.54, 1.807) is 12.1 Å². The molecule has 1 aromatic rings. The van der Waals surface area contributed by atoms with Crippen LogP contribution in [0.5, 0.6) is 0 Å². The molecule has 2 aliphatic heterocycles. The van der Waals surface area contributed by atoms with E-state index in [0.717, 1.165) is 6.42 Å². The van der Waals surface area contributed by atoms with E-state index in [0.29, 0.717) is 18.0 Å². The second kappa shape index (κ2) is 6.10. The second-order valence-corrected chi connectivity index (χ2v) is 5.95. The number of likely N-dealkylation sites (N-methyl/N-ethyl adjacent to an activating group) is 1. The lowest BCUT2D eigenvalue weighted by atomic mass is 10.1. The summed E-state index contributed by atoms with van der Waals surface area (Å²) in [6.45, 7) is 0.705. The number of amides is 2. The maximum atomic E-state index is 12.2. The third kappa shape index (κ3) is 2.97. The lowest BCUT2D eigenvalue weighted by Crippen LogP contribution is -2.37. The van der Waals surface area contributed by atoms with Gasteiger partial charge in [-0.2, -0.15) is 0 Å². The lowest BCUT2D eigenvalue weighted by Gasteiger charge is -2.18. The Morgan fingerprint density at radius 3 is 2.39 bits per heavy atom. The molecule has 7 heteroatoms. The van der Waals surface area contributed by atoms with Crippen LogP contribution >= 0.6 is 0 Å². The fraction of sp³-hybridized carbons (Fsp3) is 0.438. The van der Waals surface area contributed by atoms with Gasteiger partial charge in [-0.15, -0.1) is 0 Å². The summed E-state index contributed by atoms with van der Waals surface area (Å²) in [6.07, 6.45) is 0.453. The maximum absolute atomic E-state index is 12.2. The summed E-state index contributed by atoms with van der Waals surface area (Å²) in [7, 11) is 3.85. The first-order valence-electron chi connectivity index (χ1n) is 7.47. The van der Waals surface area contributed by atoms with Crippen molar-refractivity contribution in [1.29, 1.82) is 0 Å². The molecule has 3 rings (SSSR count). The average Bonchev–Trinajstić information content (AvgIpc) is 3.06. The molecular weight excluding hydrogens is 300 g/mol. The summed E-state index contributed by atoms with van der Waals surface area (Å²) in [5.41, 5.74) is 0.478. The van der Waals surface area contributed by atoms with Gasteiger partial charge in [-0.05, 0) is 39.1 Å². The predicted octanol–water partition coefficient (Wildman–Crippen LogP) is 0.850. The molecule has 0 bridgehead atoms. The van der Waals surface area contributed by atoms with E-state index in [4.69, 9.17) is 9.57 Å². The molecule has 1 fully saturated rings. The van der Waals surface area contributed by atoms with Crippen LogP contribution in [-0.4, -0.2) is 60.6 Å². The van der Waals surface area contributed by atoms with Crippen LogP contribution in [0.25, 0.3) is 0 Å². The Morgan fingerprint density at radius 2 is 1.83 bits per heavy atom.